The first kappa shape index (κ1) is 14.2. The molecule has 3 heteroatoms. The van der Waals surface area contributed by atoms with E-state index in [2.05, 4.69) is 29.0 Å². The molecule has 2 N–H and O–H groups in total. The number of nitrogens with two attached hydrogens (primary N) is 1. The van der Waals surface area contributed by atoms with Crippen LogP contribution in [0.2, 0.25) is 0 Å². The maximum Gasteiger partial charge on any atom is 0.0990 e. The van der Waals surface area contributed by atoms with Crippen LogP contribution < -0.4 is 5.73 Å². The molecule has 0 aromatic rings. The number of hydrogen-bond acceptors (Lipinski definition) is 3. The van der Waals surface area contributed by atoms with Gasteiger partial charge in [0.15, 0.2) is 0 Å². The molecule has 98 valence electrons. The zero-order valence-corrected chi connectivity index (χ0v) is 11.2. The molecule has 0 amide bonds. The third-order valence-corrected chi connectivity index (χ3v) is 3.09. The number of allylic oxidation sites excluding steroid dienone is 2. The minimum absolute atomic E-state index is 0.732. The molecule has 1 heterocycles. The van der Waals surface area contributed by atoms with E-state index in [-0.39, 0.29) is 0 Å². The summed E-state index contributed by atoms with van der Waals surface area (Å²) >= 11 is 0. The van der Waals surface area contributed by atoms with Crippen LogP contribution in [0.5, 0.6) is 0 Å². The lowest BCUT2D eigenvalue weighted by Crippen LogP contribution is -2.32. The normalized spacial score (nSPS) is 15.9. The molecule has 0 spiro atoms. The van der Waals surface area contributed by atoms with Crippen LogP contribution in [0.4, 0.5) is 0 Å². The van der Waals surface area contributed by atoms with Crippen LogP contribution in [0.3, 0.4) is 0 Å². The van der Waals surface area contributed by atoms with Crippen LogP contribution >= 0.6 is 0 Å². The van der Waals surface area contributed by atoms with E-state index in [1.165, 1.54) is 37.9 Å². The Morgan fingerprint density at radius 2 is 2.06 bits per heavy atom. The molecule has 0 aromatic heterocycles. The maximum atomic E-state index is 5.59. The standard InChI is InChI=1S/C14H27N3/c1-2-3-4-5-6-7-8-9-14-16-11-13-17(14)12-10-15/h5-6H,2-4,7-13,15H2,1H3/b6-5+. The van der Waals surface area contributed by atoms with E-state index in [9.17, 15) is 0 Å². The van der Waals surface area contributed by atoms with Crippen molar-refractivity contribution in [3.8, 4) is 0 Å². The second-order valence-corrected chi connectivity index (χ2v) is 4.58. The summed E-state index contributed by atoms with van der Waals surface area (Å²) in [6, 6.07) is 0. The molecule has 0 bridgehead atoms. The van der Waals surface area contributed by atoms with Crippen molar-refractivity contribution in [2.45, 2.75) is 45.4 Å². The Bertz CT molecular complexity index is 246. The van der Waals surface area contributed by atoms with Crippen molar-refractivity contribution < 1.29 is 0 Å². The molecular formula is C14H27N3. The molecule has 0 aliphatic carbocycles. The van der Waals surface area contributed by atoms with E-state index in [1.807, 2.05) is 0 Å². The average Bonchev–Trinajstić information content (AvgIpc) is 2.76. The number of hydrogen-bond donors (Lipinski definition) is 1. The molecule has 0 saturated heterocycles. The van der Waals surface area contributed by atoms with Gasteiger partial charge in [0.25, 0.3) is 0 Å². The molecular weight excluding hydrogens is 210 g/mol. The van der Waals surface area contributed by atoms with Gasteiger partial charge in [0.1, 0.15) is 0 Å². The first-order chi connectivity index (χ1) is 8.38. The highest BCUT2D eigenvalue weighted by molar-refractivity contribution is 5.83. The molecule has 0 fully saturated rings. The molecule has 0 atom stereocenters. The molecule has 0 aromatic carbocycles. The fraction of sp³-hybridized carbons (Fsp3) is 0.786. The topological polar surface area (TPSA) is 41.6 Å². The van der Waals surface area contributed by atoms with Gasteiger partial charge >= 0.3 is 0 Å². The number of amidine groups is 1. The number of unbranched alkanes of at least 4 members (excludes halogenated alkanes) is 3. The van der Waals surface area contributed by atoms with Crippen molar-refractivity contribution in [3.63, 3.8) is 0 Å². The third-order valence-electron chi connectivity index (χ3n) is 3.09. The minimum atomic E-state index is 0.732. The largest absolute Gasteiger partial charge is 0.357 e. The Morgan fingerprint density at radius 1 is 1.29 bits per heavy atom. The lowest BCUT2D eigenvalue weighted by molar-refractivity contribution is 0.458. The summed E-state index contributed by atoms with van der Waals surface area (Å²) in [6.07, 6.45) is 12.0. The zero-order valence-electron chi connectivity index (χ0n) is 11.2. The highest BCUT2D eigenvalue weighted by Gasteiger charge is 2.14. The summed E-state index contributed by atoms with van der Waals surface area (Å²) in [5.41, 5.74) is 5.59. The quantitative estimate of drug-likeness (QED) is 0.494. The summed E-state index contributed by atoms with van der Waals surface area (Å²) in [4.78, 5) is 6.88. The highest BCUT2D eigenvalue weighted by Crippen LogP contribution is 2.09. The van der Waals surface area contributed by atoms with Crippen molar-refractivity contribution in [3.05, 3.63) is 12.2 Å². The number of aliphatic imine (C=N–C) groups is 1. The zero-order chi connectivity index (χ0) is 12.3. The van der Waals surface area contributed by atoms with Gasteiger partial charge in [-0.05, 0) is 19.3 Å². The molecule has 3 nitrogen and oxygen atoms in total. The molecule has 1 rings (SSSR count). The van der Waals surface area contributed by atoms with Crippen molar-refractivity contribution in [1.29, 1.82) is 0 Å². The number of rotatable bonds is 9. The van der Waals surface area contributed by atoms with Crippen LogP contribution in [0, 0.1) is 0 Å². The van der Waals surface area contributed by atoms with E-state index in [1.54, 1.807) is 0 Å². The van der Waals surface area contributed by atoms with Crippen molar-refractivity contribution in [2.24, 2.45) is 10.7 Å². The SMILES string of the molecule is CCCC/C=C/CCCC1=NCCN1CCN. The predicted octanol–water partition coefficient (Wildman–Crippen LogP) is 2.58. The van der Waals surface area contributed by atoms with E-state index in [0.717, 1.165) is 32.6 Å². The Morgan fingerprint density at radius 3 is 2.76 bits per heavy atom. The minimum Gasteiger partial charge on any atom is -0.357 e. The van der Waals surface area contributed by atoms with Crippen LogP contribution in [0.25, 0.3) is 0 Å². The van der Waals surface area contributed by atoms with Gasteiger partial charge in [-0.3, -0.25) is 4.99 Å². The van der Waals surface area contributed by atoms with Crippen molar-refractivity contribution in [2.75, 3.05) is 26.2 Å². The lowest BCUT2D eigenvalue weighted by Gasteiger charge is -2.18. The van der Waals surface area contributed by atoms with Crippen LogP contribution in [-0.4, -0.2) is 36.9 Å². The molecule has 0 saturated carbocycles. The molecule has 0 radical (unpaired) electrons. The smallest absolute Gasteiger partial charge is 0.0990 e. The molecule has 1 aliphatic heterocycles. The van der Waals surface area contributed by atoms with Crippen molar-refractivity contribution >= 4 is 5.84 Å². The van der Waals surface area contributed by atoms with E-state index >= 15 is 0 Å². The van der Waals surface area contributed by atoms with Crippen LogP contribution in [0.15, 0.2) is 17.1 Å². The molecule has 0 unspecified atom stereocenters. The fourth-order valence-electron chi connectivity index (χ4n) is 2.10. The maximum absolute atomic E-state index is 5.59. The second-order valence-electron chi connectivity index (χ2n) is 4.58. The van der Waals surface area contributed by atoms with E-state index < -0.39 is 0 Å². The lowest BCUT2D eigenvalue weighted by atomic mass is 10.2. The van der Waals surface area contributed by atoms with Gasteiger partial charge < -0.3 is 10.6 Å². The number of nitrogens with zero attached hydrogens (tertiary/aromatic N) is 2. The van der Waals surface area contributed by atoms with Crippen molar-refractivity contribution in [1.82, 2.24) is 4.90 Å². The van der Waals surface area contributed by atoms with Gasteiger partial charge in [0.05, 0.1) is 12.4 Å². The average molecular weight is 237 g/mol. The second kappa shape index (κ2) is 9.23. The first-order valence-corrected chi connectivity index (χ1v) is 7.01. The first-order valence-electron chi connectivity index (χ1n) is 7.01. The fourth-order valence-corrected chi connectivity index (χ4v) is 2.10. The highest BCUT2D eigenvalue weighted by atomic mass is 15.2. The Kier molecular flexibility index (Phi) is 7.72. The summed E-state index contributed by atoms with van der Waals surface area (Å²) in [5, 5.41) is 0. The van der Waals surface area contributed by atoms with Crippen LogP contribution in [0.1, 0.15) is 45.4 Å². The molecule has 17 heavy (non-hydrogen) atoms. The monoisotopic (exact) mass is 237 g/mol. The van der Waals surface area contributed by atoms with Gasteiger partial charge in [-0.1, -0.05) is 31.9 Å². The summed E-state index contributed by atoms with van der Waals surface area (Å²) in [7, 11) is 0. The Hall–Kier alpha value is -0.830. The summed E-state index contributed by atoms with van der Waals surface area (Å²) < 4.78 is 0. The summed E-state index contributed by atoms with van der Waals surface area (Å²) in [5.74, 6) is 1.28. The van der Waals surface area contributed by atoms with Crippen LogP contribution in [-0.2, 0) is 0 Å². The third kappa shape index (κ3) is 5.87. The Labute approximate surface area is 106 Å². The van der Waals surface area contributed by atoms with E-state index in [0.29, 0.717) is 0 Å². The predicted molar refractivity (Wildman–Crippen MR) is 75.4 cm³/mol. The Balaban J connectivity index is 2.07. The van der Waals surface area contributed by atoms with Gasteiger partial charge in [-0.25, -0.2) is 0 Å². The summed E-state index contributed by atoms with van der Waals surface area (Å²) in [6.45, 7) is 5.96. The van der Waals surface area contributed by atoms with Gasteiger partial charge in [-0.2, -0.15) is 0 Å². The molecule has 1 aliphatic rings. The van der Waals surface area contributed by atoms with Gasteiger partial charge in [0, 0.05) is 26.1 Å². The van der Waals surface area contributed by atoms with Gasteiger partial charge in [0.2, 0.25) is 0 Å². The van der Waals surface area contributed by atoms with E-state index in [4.69, 9.17) is 5.73 Å². The van der Waals surface area contributed by atoms with Gasteiger partial charge in [-0.15, -0.1) is 0 Å².